The van der Waals surface area contributed by atoms with Crippen molar-refractivity contribution in [3.63, 3.8) is 0 Å². The van der Waals surface area contributed by atoms with Crippen molar-refractivity contribution in [2.45, 2.75) is 39.7 Å². The van der Waals surface area contributed by atoms with E-state index in [1.54, 1.807) is 0 Å². The fourth-order valence-electron chi connectivity index (χ4n) is 2.15. The third-order valence-electron chi connectivity index (χ3n) is 3.39. The first kappa shape index (κ1) is 16.9. The van der Waals surface area contributed by atoms with Gasteiger partial charge in [0.05, 0.1) is 5.39 Å². The van der Waals surface area contributed by atoms with Gasteiger partial charge >= 0.3 is 11.7 Å². The van der Waals surface area contributed by atoms with Crippen molar-refractivity contribution < 1.29 is 18.7 Å². The lowest BCUT2D eigenvalue weighted by molar-refractivity contribution is -0.138. The molecule has 0 aliphatic carbocycles. The summed E-state index contributed by atoms with van der Waals surface area (Å²) in [5, 5.41) is 12.5. The normalized spacial score (nSPS) is 13.0. The smallest absolute Gasteiger partial charge is 0.441 e. The van der Waals surface area contributed by atoms with Crippen LogP contribution in [-0.2, 0) is 4.79 Å². The van der Waals surface area contributed by atoms with E-state index in [2.05, 4.69) is 10.3 Å². The molecule has 1 unspecified atom stereocenters. The van der Waals surface area contributed by atoms with Crippen LogP contribution in [-0.4, -0.2) is 22.1 Å². The van der Waals surface area contributed by atoms with Crippen molar-refractivity contribution in [1.29, 1.82) is 0 Å². The van der Waals surface area contributed by atoms with E-state index in [9.17, 15) is 19.1 Å². The number of aromatic nitrogens is 1. The lowest BCUT2D eigenvalue weighted by Gasteiger charge is -2.22. The SMILES string of the molecule is CC(C)(C)CCC(Nc1nc(=O)oc2cc(F)ccc12)C(=O)O. The number of nitrogens with one attached hydrogen (secondary N) is 1. The van der Waals surface area contributed by atoms with Crippen LogP contribution >= 0.6 is 0 Å². The van der Waals surface area contributed by atoms with Crippen LogP contribution in [0.5, 0.6) is 0 Å². The topological polar surface area (TPSA) is 92.4 Å². The standard InChI is InChI=1S/C16H19FN2O4/c1-16(2,3)7-6-11(14(20)21)18-13-10-5-4-9(17)8-12(10)23-15(22)19-13/h4-5,8,11H,6-7H2,1-3H3,(H,20,21)(H,18,19,22). The molecule has 1 aromatic heterocycles. The first-order valence-electron chi connectivity index (χ1n) is 7.25. The Balaban J connectivity index is 2.34. The summed E-state index contributed by atoms with van der Waals surface area (Å²) in [5.41, 5.74) is -0.00329. The number of carboxylic acid groups (broad SMARTS) is 1. The molecule has 0 aliphatic heterocycles. The maximum Gasteiger partial charge on any atom is 0.441 e. The Kier molecular flexibility index (Phi) is 4.68. The highest BCUT2D eigenvalue weighted by Gasteiger charge is 2.22. The van der Waals surface area contributed by atoms with Gasteiger partial charge in [-0.15, -0.1) is 0 Å². The van der Waals surface area contributed by atoms with E-state index in [4.69, 9.17) is 4.42 Å². The fraction of sp³-hybridized carbons (Fsp3) is 0.438. The van der Waals surface area contributed by atoms with Gasteiger partial charge in [0, 0.05) is 6.07 Å². The second-order valence-corrected chi connectivity index (χ2v) is 6.60. The lowest BCUT2D eigenvalue weighted by atomic mass is 9.88. The van der Waals surface area contributed by atoms with Gasteiger partial charge in [0.2, 0.25) is 0 Å². The van der Waals surface area contributed by atoms with Gasteiger partial charge < -0.3 is 14.8 Å². The second-order valence-electron chi connectivity index (χ2n) is 6.60. The molecular formula is C16H19FN2O4. The van der Waals surface area contributed by atoms with Crippen LogP contribution in [0.3, 0.4) is 0 Å². The molecule has 124 valence electrons. The molecule has 6 nitrogen and oxygen atoms in total. The number of carbonyl (C=O) groups is 1. The first-order chi connectivity index (χ1) is 10.7. The van der Waals surface area contributed by atoms with E-state index >= 15 is 0 Å². The molecule has 23 heavy (non-hydrogen) atoms. The molecule has 2 aromatic rings. The Morgan fingerprint density at radius 2 is 2.13 bits per heavy atom. The Bertz CT molecular complexity index is 780. The third-order valence-corrected chi connectivity index (χ3v) is 3.39. The second kappa shape index (κ2) is 6.36. The predicted octanol–water partition coefficient (Wildman–Crippen LogP) is 3.02. The molecule has 0 saturated carbocycles. The number of fused-ring (bicyclic) bond motifs is 1. The van der Waals surface area contributed by atoms with Crippen molar-refractivity contribution in [2.75, 3.05) is 5.32 Å². The van der Waals surface area contributed by atoms with Crippen molar-refractivity contribution in [3.8, 4) is 0 Å². The number of rotatable bonds is 5. The first-order valence-corrected chi connectivity index (χ1v) is 7.25. The van der Waals surface area contributed by atoms with Gasteiger partial charge in [0.25, 0.3) is 0 Å². The molecule has 0 radical (unpaired) electrons. The Labute approximate surface area is 132 Å². The average Bonchev–Trinajstić information content (AvgIpc) is 2.41. The number of nitrogens with zero attached hydrogens (tertiary/aromatic N) is 1. The molecule has 1 atom stereocenters. The minimum Gasteiger partial charge on any atom is -0.480 e. The number of aliphatic carboxylic acids is 1. The van der Waals surface area contributed by atoms with E-state index in [0.717, 1.165) is 6.07 Å². The van der Waals surface area contributed by atoms with Crippen LogP contribution in [0.15, 0.2) is 27.4 Å². The quantitative estimate of drug-likeness (QED) is 0.879. The van der Waals surface area contributed by atoms with Gasteiger partial charge in [-0.1, -0.05) is 20.8 Å². The molecule has 1 aromatic carbocycles. The van der Waals surface area contributed by atoms with Crippen LogP contribution in [0, 0.1) is 11.2 Å². The van der Waals surface area contributed by atoms with Gasteiger partial charge in [-0.25, -0.2) is 14.0 Å². The van der Waals surface area contributed by atoms with Gasteiger partial charge in [-0.2, -0.15) is 4.98 Å². The molecule has 0 aliphatic rings. The lowest BCUT2D eigenvalue weighted by Crippen LogP contribution is -2.31. The van der Waals surface area contributed by atoms with Gasteiger partial charge in [0.15, 0.2) is 0 Å². The number of hydrogen-bond acceptors (Lipinski definition) is 5. The summed E-state index contributed by atoms with van der Waals surface area (Å²) in [6.45, 7) is 6.04. The molecule has 1 heterocycles. The monoisotopic (exact) mass is 322 g/mol. The summed E-state index contributed by atoms with van der Waals surface area (Å²) in [5.74, 6) is -2.43. The highest BCUT2D eigenvalue weighted by Crippen LogP contribution is 2.25. The molecule has 0 saturated heterocycles. The largest absolute Gasteiger partial charge is 0.480 e. The van der Waals surface area contributed by atoms with Crippen LogP contribution in [0.25, 0.3) is 11.0 Å². The fourth-order valence-corrected chi connectivity index (χ4v) is 2.15. The molecule has 0 spiro atoms. The van der Waals surface area contributed by atoms with Crippen LogP contribution in [0.1, 0.15) is 33.6 Å². The van der Waals surface area contributed by atoms with Crippen molar-refractivity contribution >= 4 is 22.8 Å². The van der Waals surface area contributed by atoms with Crippen molar-refractivity contribution in [2.24, 2.45) is 5.41 Å². The third kappa shape index (κ3) is 4.51. The summed E-state index contributed by atoms with van der Waals surface area (Å²) >= 11 is 0. The van der Waals surface area contributed by atoms with E-state index in [-0.39, 0.29) is 16.8 Å². The highest BCUT2D eigenvalue weighted by molar-refractivity contribution is 5.89. The maximum absolute atomic E-state index is 13.2. The number of benzene rings is 1. The van der Waals surface area contributed by atoms with E-state index in [0.29, 0.717) is 18.2 Å². The Hall–Kier alpha value is -2.44. The molecule has 0 bridgehead atoms. The molecule has 2 N–H and O–H groups in total. The minimum atomic E-state index is -1.04. The van der Waals surface area contributed by atoms with E-state index < -0.39 is 23.6 Å². The molecule has 2 rings (SSSR count). The molecular weight excluding hydrogens is 303 g/mol. The zero-order valence-electron chi connectivity index (χ0n) is 13.2. The summed E-state index contributed by atoms with van der Waals surface area (Å²) in [4.78, 5) is 26.6. The van der Waals surface area contributed by atoms with Gasteiger partial charge in [-0.05, 0) is 30.4 Å². The number of hydrogen-bond donors (Lipinski definition) is 2. The maximum atomic E-state index is 13.2. The molecule has 0 fully saturated rings. The Morgan fingerprint density at radius 1 is 1.43 bits per heavy atom. The summed E-state index contributed by atoms with van der Waals surface area (Å²) in [6.07, 6.45) is 1.04. The van der Waals surface area contributed by atoms with E-state index in [1.165, 1.54) is 12.1 Å². The molecule has 0 amide bonds. The zero-order valence-corrected chi connectivity index (χ0v) is 13.2. The van der Waals surface area contributed by atoms with Crippen LogP contribution in [0.2, 0.25) is 0 Å². The van der Waals surface area contributed by atoms with Crippen LogP contribution in [0.4, 0.5) is 10.2 Å². The minimum absolute atomic E-state index is 0.0208. The average molecular weight is 322 g/mol. The zero-order chi connectivity index (χ0) is 17.2. The summed E-state index contributed by atoms with van der Waals surface area (Å²) < 4.78 is 18.1. The summed E-state index contributed by atoms with van der Waals surface area (Å²) in [6, 6.07) is 2.75. The van der Waals surface area contributed by atoms with E-state index in [1.807, 2.05) is 20.8 Å². The van der Waals surface area contributed by atoms with Gasteiger partial charge in [-0.3, -0.25) is 0 Å². The van der Waals surface area contributed by atoms with Gasteiger partial charge in [0.1, 0.15) is 23.3 Å². The number of anilines is 1. The highest BCUT2D eigenvalue weighted by atomic mass is 19.1. The van der Waals surface area contributed by atoms with Crippen LogP contribution < -0.4 is 11.1 Å². The summed E-state index contributed by atoms with van der Waals surface area (Å²) in [7, 11) is 0. The number of carboxylic acids is 1. The number of halogens is 1. The molecule has 7 heteroatoms. The van der Waals surface area contributed by atoms with Crippen molar-refractivity contribution in [1.82, 2.24) is 4.98 Å². The predicted molar refractivity (Wildman–Crippen MR) is 84.0 cm³/mol. The Morgan fingerprint density at radius 3 is 2.74 bits per heavy atom. The van der Waals surface area contributed by atoms with Crippen molar-refractivity contribution in [3.05, 3.63) is 34.6 Å².